The smallest absolute Gasteiger partial charge is 0.0159 e. The SMILES string of the molecule is CC(C)=CCC/C(C)=C\CC/C(C)=C\CN(C)C. The van der Waals surface area contributed by atoms with Crippen molar-refractivity contribution < 1.29 is 0 Å². The van der Waals surface area contributed by atoms with Crippen molar-refractivity contribution in [1.29, 1.82) is 0 Å². The maximum absolute atomic E-state index is 2.39. The molecule has 0 fully saturated rings. The highest BCUT2D eigenvalue weighted by molar-refractivity contribution is 5.05. The Morgan fingerprint density at radius 1 is 0.778 bits per heavy atom. The summed E-state index contributed by atoms with van der Waals surface area (Å²) in [4.78, 5) is 2.20. The molecule has 0 unspecified atom stereocenters. The molecule has 0 radical (unpaired) electrons. The molecule has 0 saturated carbocycles. The van der Waals surface area contributed by atoms with E-state index in [0.29, 0.717) is 0 Å². The Bertz CT molecular complexity index is 302. The topological polar surface area (TPSA) is 3.24 Å². The zero-order valence-electron chi connectivity index (χ0n) is 13.2. The molecule has 0 atom stereocenters. The second kappa shape index (κ2) is 10.1. The Labute approximate surface area is 114 Å². The fourth-order valence-corrected chi connectivity index (χ4v) is 1.68. The van der Waals surface area contributed by atoms with Gasteiger partial charge < -0.3 is 4.90 Å². The summed E-state index contributed by atoms with van der Waals surface area (Å²) in [5.74, 6) is 0. The summed E-state index contributed by atoms with van der Waals surface area (Å²) in [5, 5.41) is 0. The standard InChI is InChI=1S/C17H31N/c1-15(2)9-7-10-16(3)11-8-12-17(4)13-14-18(5)6/h9,11,13H,7-8,10,12,14H2,1-6H3/b16-11-,17-13-. The third-order valence-corrected chi connectivity index (χ3v) is 2.93. The van der Waals surface area contributed by atoms with Crippen molar-refractivity contribution in [2.24, 2.45) is 0 Å². The fraction of sp³-hybridized carbons (Fsp3) is 0.647. The van der Waals surface area contributed by atoms with Gasteiger partial charge in [-0.1, -0.05) is 34.9 Å². The van der Waals surface area contributed by atoms with E-state index in [1.165, 1.54) is 42.4 Å². The molecule has 0 aliphatic carbocycles. The van der Waals surface area contributed by atoms with Gasteiger partial charge in [-0.2, -0.15) is 0 Å². The molecule has 0 aliphatic rings. The van der Waals surface area contributed by atoms with Crippen molar-refractivity contribution in [2.75, 3.05) is 20.6 Å². The van der Waals surface area contributed by atoms with Gasteiger partial charge in [0.15, 0.2) is 0 Å². The Balaban J connectivity index is 3.86. The zero-order valence-corrected chi connectivity index (χ0v) is 13.2. The van der Waals surface area contributed by atoms with E-state index in [1.807, 2.05) is 0 Å². The normalized spacial score (nSPS) is 13.1. The summed E-state index contributed by atoms with van der Waals surface area (Å²) in [7, 11) is 4.22. The predicted octanol–water partition coefficient (Wildman–Crippen LogP) is 4.97. The van der Waals surface area contributed by atoms with Gasteiger partial charge in [0, 0.05) is 6.54 Å². The maximum Gasteiger partial charge on any atom is 0.0159 e. The summed E-state index contributed by atoms with van der Waals surface area (Å²) in [6, 6.07) is 0. The zero-order chi connectivity index (χ0) is 14.0. The minimum absolute atomic E-state index is 1.05. The first-order chi connectivity index (χ1) is 8.41. The first-order valence-electron chi connectivity index (χ1n) is 7.01. The number of hydrogen-bond donors (Lipinski definition) is 0. The van der Waals surface area contributed by atoms with Crippen molar-refractivity contribution >= 4 is 0 Å². The van der Waals surface area contributed by atoms with Crippen LogP contribution in [-0.4, -0.2) is 25.5 Å². The molecule has 0 heterocycles. The van der Waals surface area contributed by atoms with Gasteiger partial charge in [-0.25, -0.2) is 0 Å². The largest absolute Gasteiger partial charge is 0.306 e. The minimum Gasteiger partial charge on any atom is -0.306 e. The van der Waals surface area contributed by atoms with Crippen molar-refractivity contribution in [3.05, 3.63) is 34.9 Å². The number of likely N-dealkylation sites (N-methyl/N-ethyl adjacent to an activating group) is 1. The molecule has 0 aromatic carbocycles. The average molecular weight is 249 g/mol. The molecule has 0 aromatic heterocycles. The third-order valence-electron chi connectivity index (χ3n) is 2.93. The monoisotopic (exact) mass is 249 g/mol. The molecule has 18 heavy (non-hydrogen) atoms. The van der Waals surface area contributed by atoms with Crippen LogP contribution in [-0.2, 0) is 0 Å². The van der Waals surface area contributed by atoms with Crippen molar-refractivity contribution in [3.63, 3.8) is 0 Å². The lowest BCUT2D eigenvalue weighted by Crippen LogP contribution is -2.10. The molecular formula is C17H31N. The highest BCUT2D eigenvalue weighted by Crippen LogP contribution is 2.11. The van der Waals surface area contributed by atoms with E-state index in [2.05, 4.69) is 64.9 Å². The van der Waals surface area contributed by atoms with Gasteiger partial charge in [0.25, 0.3) is 0 Å². The molecule has 0 rings (SSSR count). The third kappa shape index (κ3) is 11.7. The first kappa shape index (κ1) is 17.2. The van der Waals surface area contributed by atoms with Crippen LogP contribution < -0.4 is 0 Å². The number of hydrogen-bond acceptors (Lipinski definition) is 1. The Morgan fingerprint density at radius 2 is 1.28 bits per heavy atom. The molecule has 0 saturated heterocycles. The van der Waals surface area contributed by atoms with Crippen LogP contribution >= 0.6 is 0 Å². The van der Waals surface area contributed by atoms with Gasteiger partial charge in [0.05, 0.1) is 0 Å². The summed E-state index contributed by atoms with van der Waals surface area (Å²) in [6.45, 7) is 9.86. The molecule has 0 amide bonds. The number of allylic oxidation sites excluding steroid dienone is 5. The molecule has 0 aliphatic heterocycles. The van der Waals surface area contributed by atoms with Gasteiger partial charge in [-0.15, -0.1) is 0 Å². The van der Waals surface area contributed by atoms with E-state index >= 15 is 0 Å². The Morgan fingerprint density at radius 3 is 1.78 bits per heavy atom. The van der Waals surface area contributed by atoms with Crippen LogP contribution in [0.4, 0.5) is 0 Å². The van der Waals surface area contributed by atoms with Gasteiger partial charge in [0.2, 0.25) is 0 Å². The lowest BCUT2D eigenvalue weighted by Gasteiger charge is -2.06. The second-order valence-electron chi connectivity index (χ2n) is 5.72. The molecular weight excluding hydrogens is 218 g/mol. The van der Waals surface area contributed by atoms with Crippen molar-refractivity contribution in [2.45, 2.75) is 53.4 Å². The van der Waals surface area contributed by atoms with Crippen LogP contribution in [0.25, 0.3) is 0 Å². The highest BCUT2D eigenvalue weighted by Gasteiger charge is 1.92. The lowest BCUT2D eigenvalue weighted by molar-refractivity contribution is 0.455. The quantitative estimate of drug-likeness (QED) is 0.549. The molecule has 1 heteroatoms. The van der Waals surface area contributed by atoms with Crippen LogP contribution in [0.1, 0.15) is 53.4 Å². The average Bonchev–Trinajstić information content (AvgIpc) is 2.25. The van der Waals surface area contributed by atoms with Crippen molar-refractivity contribution in [1.82, 2.24) is 4.90 Å². The number of rotatable bonds is 8. The molecule has 1 nitrogen and oxygen atoms in total. The minimum atomic E-state index is 1.05. The van der Waals surface area contributed by atoms with Gasteiger partial charge in [0.1, 0.15) is 0 Å². The van der Waals surface area contributed by atoms with E-state index < -0.39 is 0 Å². The molecule has 0 spiro atoms. The van der Waals surface area contributed by atoms with E-state index in [0.717, 1.165) is 6.54 Å². The predicted molar refractivity (Wildman–Crippen MR) is 84.0 cm³/mol. The van der Waals surface area contributed by atoms with Crippen LogP contribution in [0.3, 0.4) is 0 Å². The summed E-state index contributed by atoms with van der Waals surface area (Å²) < 4.78 is 0. The second-order valence-corrected chi connectivity index (χ2v) is 5.72. The van der Waals surface area contributed by atoms with E-state index in [4.69, 9.17) is 0 Å². The van der Waals surface area contributed by atoms with E-state index in [1.54, 1.807) is 0 Å². The van der Waals surface area contributed by atoms with Crippen molar-refractivity contribution in [3.8, 4) is 0 Å². The van der Waals surface area contributed by atoms with E-state index in [-0.39, 0.29) is 0 Å². The Kier molecular flexibility index (Phi) is 9.67. The van der Waals surface area contributed by atoms with Crippen LogP contribution in [0, 0.1) is 0 Å². The van der Waals surface area contributed by atoms with Gasteiger partial charge >= 0.3 is 0 Å². The lowest BCUT2D eigenvalue weighted by atomic mass is 10.1. The van der Waals surface area contributed by atoms with E-state index in [9.17, 15) is 0 Å². The number of nitrogens with zero attached hydrogens (tertiary/aromatic N) is 1. The first-order valence-corrected chi connectivity index (χ1v) is 7.01. The summed E-state index contributed by atoms with van der Waals surface area (Å²) >= 11 is 0. The fourth-order valence-electron chi connectivity index (χ4n) is 1.68. The van der Waals surface area contributed by atoms with Crippen LogP contribution in [0.15, 0.2) is 34.9 Å². The van der Waals surface area contributed by atoms with Gasteiger partial charge in [-0.05, 0) is 67.5 Å². The van der Waals surface area contributed by atoms with Gasteiger partial charge in [-0.3, -0.25) is 0 Å². The molecule has 104 valence electrons. The van der Waals surface area contributed by atoms with Crippen LogP contribution in [0.5, 0.6) is 0 Å². The molecule has 0 bridgehead atoms. The summed E-state index contributed by atoms with van der Waals surface area (Å²) in [5.41, 5.74) is 4.44. The molecule has 0 aromatic rings. The summed E-state index contributed by atoms with van der Waals surface area (Å²) in [6.07, 6.45) is 11.8. The molecule has 0 N–H and O–H groups in total. The Hall–Kier alpha value is -0.820. The highest BCUT2D eigenvalue weighted by atomic mass is 15.0. The maximum atomic E-state index is 2.39. The van der Waals surface area contributed by atoms with Crippen LogP contribution in [0.2, 0.25) is 0 Å².